The van der Waals surface area contributed by atoms with Crippen LogP contribution < -0.4 is 10.0 Å². The molecule has 0 spiro atoms. The van der Waals surface area contributed by atoms with Gasteiger partial charge in [0.15, 0.2) is 0 Å². The smallest absolute Gasteiger partial charge is 0.305 e. The molecule has 3 aromatic heterocycles. The van der Waals surface area contributed by atoms with Gasteiger partial charge in [-0.1, -0.05) is 18.6 Å². The monoisotopic (exact) mass is 535 g/mol. The fourth-order valence-electron chi connectivity index (χ4n) is 3.36. The molecule has 2 unspecified atom stereocenters. The molecule has 12 heteroatoms. The Kier molecular flexibility index (Phi) is 9.66. The minimum absolute atomic E-state index is 0.201. The maximum absolute atomic E-state index is 12.7. The number of carboxylic acid groups (broad SMARTS) is 1. The van der Waals surface area contributed by atoms with E-state index in [9.17, 15) is 22.8 Å². The molecule has 0 aliphatic heterocycles. The second-order valence-corrected chi connectivity index (χ2v) is 11.7. The molecular weight excluding hydrogens is 510 g/mol. The lowest BCUT2D eigenvalue weighted by atomic mass is 9.98. The Bertz CT molecular complexity index is 1230. The van der Waals surface area contributed by atoms with Crippen molar-refractivity contribution in [2.24, 2.45) is 0 Å². The molecule has 0 bridgehead atoms. The molecule has 0 aliphatic carbocycles. The van der Waals surface area contributed by atoms with Crippen LogP contribution in [0.3, 0.4) is 0 Å². The van der Waals surface area contributed by atoms with Crippen molar-refractivity contribution in [3.63, 3.8) is 0 Å². The molecular formula is C23H25N3O6S3. The van der Waals surface area contributed by atoms with E-state index in [1.807, 2.05) is 23.6 Å². The Hall–Kier alpha value is -2.93. The van der Waals surface area contributed by atoms with Crippen LogP contribution in [0.5, 0.6) is 0 Å². The van der Waals surface area contributed by atoms with Crippen molar-refractivity contribution in [3.05, 3.63) is 58.9 Å². The van der Waals surface area contributed by atoms with Gasteiger partial charge in [0.05, 0.1) is 29.0 Å². The minimum Gasteiger partial charge on any atom is -0.481 e. The molecule has 3 N–H and O–H groups in total. The van der Waals surface area contributed by atoms with Gasteiger partial charge in [0.2, 0.25) is 15.9 Å². The maximum Gasteiger partial charge on any atom is 0.305 e. The summed E-state index contributed by atoms with van der Waals surface area (Å²) in [6.07, 6.45) is 3.05. The van der Waals surface area contributed by atoms with E-state index in [1.54, 1.807) is 30.5 Å². The van der Waals surface area contributed by atoms with Crippen LogP contribution in [-0.2, 0) is 24.4 Å². The third kappa shape index (κ3) is 7.79. The Morgan fingerprint density at radius 3 is 2.60 bits per heavy atom. The van der Waals surface area contributed by atoms with Crippen LogP contribution in [0, 0.1) is 0 Å². The molecule has 0 fully saturated rings. The van der Waals surface area contributed by atoms with E-state index >= 15 is 0 Å². The Balaban J connectivity index is 1.53. The number of amides is 1. The SMILES string of the molecule is O=CC(CC(=O)O)NC(=O)C(CCCCNS(=O)(=O)c1ccc(-c2ccccn2)s1)c1cccs1. The number of hydrogen-bond acceptors (Lipinski definition) is 8. The van der Waals surface area contributed by atoms with Gasteiger partial charge in [0.25, 0.3) is 0 Å². The van der Waals surface area contributed by atoms with Crippen molar-refractivity contribution in [2.45, 2.75) is 41.9 Å². The van der Waals surface area contributed by atoms with E-state index in [0.717, 1.165) is 21.1 Å². The molecule has 0 aromatic carbocycles. The summed E-state index contributed by atoms with van der Waals surface area (Å²) in [5, 5.41) is 13.2. The number of thiophene rings is 2. The van der Waals surface area contributed by atoms with Gasteiger partial charge in [-0.05, 0) is 48.6 Å². The number of aromatic nitrogens is 1. The second kappa shape index (κ2) is 12.7. The zero-order valence-corrected chi connectivity index (χ0v) is 21.1. The van der Waals surface area contributed by atoms with Crippen molar-refractivity contribution in [1.29, 1.82) is 0 Å². The number of aliphatic carboxylic acids is 1. The summed E-state index contributed by atoms with van der Waals surface area (Å²) >= 11 is 2.53. The molecule has 1 amide bonds. The van der Waals surface area contributed by atoms with Crippen LogP contribution in [0.4, 0.5) is 0 Å². The summed E-state index contributed by atoms with van der Waals surface area (Å²) in [5.41, 5.74) is 0.706. The minimum atomic E-state index is -3.67. The molecule has 0 saturated carbocycles. The quantitative estimate of drug-likeness (QED) is 0.212. The fourth-order valence-corrected chi connectivity index (χ4v) is 6.62. The van der Waals surface area contributed by atoms with E-state index in [2.05, 4.69) is 15.0 Å². The van der Waals surface area contributed by atoms with Crippen LogP contribution in [0.15, 0.2) is 58.3 Å². The average molecular weight is 536 g/mol. The van der Waals surface area contributed by atoms with Crippen molar-refractivity contribution >= 4 is 50.9 Å². The van der Waals surface area contributed by atoms with Crippen molar-refractivity contribution < 1.29 is 27.9 Å². The third-order valence-electron chi connectivity index (χ3n) is 5.06. The Morgan fingerprint density at radius 1 is 1.11 bits per heavy atom. The highest BCUT2D eigenvalue weighted by atomic mass is 32.2. The molecule has 0 radical (unpaired) electrons. The highest BCUT2D eigenvalue weighted by Crippen LogP contribution is 2.29. The van der Waals surface area contributed by atoms with E-state index in [1.165, 1.54) is 11.3 Å². The summed E-state index contributed by atoms with van der Waals surface area (Å²) in [5.74, 6) is -2.16. The second-order valence-electron chi connectivity index (χ2n) is 7.64. The summed E-state index contributed by atoms with van der Waals surface area (Å²) in [4.78, 5) is 40.6. The number of pyridine rings is 1. The lowest BCUT2D eigenvalue weighted by Gasteiger charge is -2.18. The predicted octanol–water partition coefficient (Wildman–Crippen LogP) is 3.26. The van der Waals surface area contributed by atoms with Gasteiger partial charge in [0, 0.05) is 17.6 Å². The highest BCUT2D eigenvalue weighted by molar-refractivity contribution is 7.91. The number of rotatable bonds is 14. The Morgan fingerprint density at radius 2 is 1.94 bits per heavy atom. The van der Waals surface area contributed by atoms with E-state index < -0.39 is 40.3 Å². The molecule has 186 valence electrons. The first-order valence-electron chi connectivity index (χ1n) is 10.8. The normalized spacial score (nSPS) is 13.1. The number of nitrogens with zero attached hydrogens (tertiary/aromatic N) is 1. The maximum atomic E-state index is 12.7. The number of carboxylic acids is 1. The lowest BCUT2D eigenvalue weighted by Crippen LogP contribution is -2.40. The van der Waals surface area contributed by atoms with Gasteiger partial charge >= 0.3 is 5.97 Å². The average Bonchev–Trinajstić information content (AvgIpc) is 3.54. The Labute approximate surface area is 211 Å². The van der Waals surface area contributed by atoms with Gasteiger partial charge in [0.1, 0.15) is 10.5 Å². The molecule has 9 nitrogen and oxygen atoms in total. The first-order valence-corrected chi connectivity index (χ1v) is 14.0. The highest BCUT2D eigenvalue weighted by Gasteiger charge is 2.25. The first-order chi connectivity index (χ1) is 16.8. The first kappa shape index (κ1) is 26.7. The molecule has 0 saturated heterocycles. The molecule has 3 heterocycles. The van der Waals surface area contributed by atoms with Gasteiger partial charge in [-0.25, -0.2) is 13.1 Å². The predicted molar refractivity (Wildman–Crippen MR) is 134 cm³/mol. The largest absolute Gasteiger partial charge is 0.481 e. The van der Waals surface area contributed by atoms with E-state index in [0.29, 0.717) is 31.2 Å². The molecule has 3 aromatic rings. The van der Waals surface area contributed by atoms with Crippen molar-refractivity contribution in [1.82, 2.24) is 15.0 Å². The zero-order valence-electron chi connectivity index (χ0n) is 18.6. The number of carbonyl (C=O) groups excluding carboxylic acids is 2. The van der Waals surface area contributed by atoms with Crippen molar-refractivity contribution in [3.8, 4) is 10.6 Å². The van der Waals surface area contributed by atoms with Gasteiger partial charge in [-0.15, -0.1) is 22.7 Å². The van der Waals surface area contributed by atoms with E-state index in [-0.39, 0.29) is 10.8 Å². The molecule has 35 heavy (non-hydrogen) atoms. The third-order valence-corrected chi connectivity index (χ3v) is 9.11. The van der Waals surface area contributed by atoms with Crippen LogP contribution in [-0.4, -0.2) is 49.3 Å². The number of carbonyl (C=O) groups is 3. The summed E-state index contributed by atoms with van der Waals surface area (Å²) < 4.78 is 28.1. The standard InChI is InChI=1S/C23H25N3O6S3/c27-15-16(14-21(28)29)26-23(30)17(19-8-5-13-33-19)6-1-4-12-25-35(31,32)22-10-9-20(34-22)18-7-2-3-11-24-18/h2-3,5,7-11,13,15-17,25H,1,4,6,12,14H2,(H,26,30)(H,28,29). The topological polar surface area (TPSA) is 143 Å². The van der Waals surface area contributed by atoms with Gasteiger partial charge < -0.3 is 15.2 Å². The molecule has 2 atom stereocenters. The molecule has 0 aliphatic rings. The zero-order chi connectivity index (χ0) is 25.3. The number of aldehydes is 1. The number of unbranched alkanes of at least 4 members (excludes halogenated alkanes) is 1. The van der Waals surface area contributed by atoms with Crippen molar-refractivity contribution in [2.75, 3.05) is 6.54 Å². The lowest BCUT2D eigenvalue weighted by molar-refractivity contribution is -0.138. The number of hydrogen-bond donors (Lipinski definition) is 3. The van der Waals surface area contributed by atoms with Crippen LogP contribution in [0.25, 0.3) is 10.6 Å². The summed E-state index contributed by atoms with van der Waals surface area (Å²) in [6.45, 7) is 0.202. The van der Waals surface area contributed by atoms with E-state index in [4.69, 9.17) is 5.11 Å². The fraction of sp³-hybridized carbons (Fsp3) is 0.304. The summed E-state index contributed by atoms with van der Waals surface area (Å²) in [7, 11) is -3.67. The van der Waals surface area contributed by atoms with Crippen LogP contribution in [0.1, 0.15) is 36.5 Å². The number of sulfonamides is 1. The van der Waals surface area contributed by atoms with Crippen LogP contribution in [0.2, 0.25) is 0 Å². The van der Waals surface area contributed by atoms with Gasteiger partial charge in [-0.2, -0.15) is 0 Å². The van der Waals surface area contributed by atoms with Crippen LogP contribution >= 0.6 is 22.7 Å². The molecule has 3 rings (SSSR count). The number of nitrogens with one attached hydrogen (secondary N) is 2. The summed E-state index contributed by atoms with van der Waals surface area (Å²) in [6, 6.07) is 11.2. The van der Waals surface area contributed by atoms with Gasteiger partial charge in [-0.3, -0.25) is 14.6 Å².